The number of hydrogen-bond acceptors (Lipinski definition) is 2. The van der Waals surface area contributed by atoms with E-state index in [9.17, 15) is 0 Å². The van der Waals surface area contributed by atoms with E-state index in [4.69, 9.17) is 9.40 Å². The minimum atomic E-state index is 0.802. The summed E-state index contributed by atoms with van der Waals surface area (Å²) in [5, 5.41) is 3.55. The van der Waals surface area contributed by atoms with Crippen LogP contribution in [0.25, 0.3) is 71.9 Å². The summed E-state index contributed by atoms with van der Waals surface area (Å²) in [7, 11) is 0. The van der Waals surface area contributed by atoms with Crippen molar-refractivity contribution in [2.24, 2.45) is 0 Å². The van der Waals surface area contributed by atoms with Crippen molar-refractivity contribution in [1.29, 1.82) is 0 Å². The second kappa shape index (κ2) is 8.19. The van der Waals surface area contributed by atoms with E-state index in [1.807, 2.05) is 30.3 Å². The molecule has 0 aliphatic heterocycles. The summed E-state index contributed by atoms with van der Waals surface area (Å²) in [5.41, 5.74) is 10.4. The molecule has 0 bridgehead atoms. The fourth-order valence-corrected chi connectivity index (χ4v) is 5.62. The van der Waals surface area contributed by atoms with Crippen LogP contribution in [0.1, 0.15) is 0 Å². The first kappa shape index (κ1) is 21.0. The van der Waals surface area contributed by atoms with Crippen molar-refractivity contribution >= 4 is 43.9 Å². The Balaban J connectivity index is 1.30. The molecule has 3 heterocycles. The first-order chi connectivity index (χ1) is 18.8. The van der Waals surface area contributed by atoms with Crippen molar-refractivity contribution in [2.75, 3.05) is 0 Å². The molecule has 178 valence electrons. The standard InChI is InChI=1S/C35H22N2O/c1-2-9-23(10-3-1)30-18-20-34-35(36-30)29-22-25(17-19-33(29)38-34)24-11-8-12-26(21-24)37-31-15-6-4-13-27(31)28-14-5-7-16-32(28)37/h1-22H. The molecule has 8 rings (SSSR count). The van der Waals surface area contributed by atoms with Crippen molar-refractivity contribution in [1.82, 2.24) is 9.55 Å². The van der Waals surface area contributed by atoms with Crippen molar-refractivity contribution in [2.45, 2.75) is 0 Å². The average molecular weight is 487 g/mol. The van der Waals surface area contributed by atoms with Crippen molar-refractivity contribution in [3.05, 3.63) is 133 Å². The molecule has 0 radical (unpaired) electrons. The monoisotopic (exact) mass is 486 g/mol. The topological polar surface area (TPSA) is 31.0 Å². The van der Waals surface area contributed by atoms with Crippen LogP contribution in [-0.2, 0) is 0 Å². The predicted molar refractivity (Wildman–Crippen MR) is 157 cm³/mol. The molecule has 3 nitrogen and oxygen atoms in total. The number of fused-ring (bicyclic) bond motifs is 6. The third-order valence-electron chi connectivity index (χ3n) is 7.40. The second-order valence-electron chi connectivity index (χ2n) is 9.64. The maximum Gasteiger partial charge on any atom is 0.153 e. The fraction of sp³-hybridized carbons (Fsp3) is 0. The Labute approximate surface area is 219 Å². The summed E-state index contributed by atoms with van der Waals surface area (Å²) in [6, 6.07) is 46.7. The minimum Gasteiger partial charge on any atom is -0.454 e. The Bertz CT molecular complexity index is 2080. The van der Waals surface area contributed by atoms with Gasteiger partial charge in [-0.05, 0) is 59.7 Å². The summed E-state index contributed by atoms with van der Waals surface area (Å²) in [4.78, 5) is 5.00. The minimum absolute atomic E-state index is 0.802. The zero-order valence-electron chi connectivity index (χ0n) is 20.5. The molecular formula is C35H22N2O. The summed E-state index contributed by atoms with van der Waals surface area (Å²) in [6.45, 7) is 0. The van der Waals surface area contributed by atoms with Crippen molar-refractivity contribution in [3.8, 4) is 28.1 Å². The largest absolute Gasteiger partial charge is 0.454 e. The normalized spacial score (nSPS) is 11.7. The summed E-state index contributed by atoms with van der Waals surface area (Å²) in [5.74, 6) is 0. The second-order valence-corrected chi connectivity index (χ2v) is 9.64. The van der Waals surface area contributed by atoms with Gasteiger partial charge in [0.1, 0.15) is 11.1 Å². The number of aromatic nitrogens is 2. The number of furan rings is 1. The van der Waals surface area contributed by atoms with Crippen LogP contribution in [0.15, 0.2) is 138 Å². The summed E-state index contributed by atoms with van der Waals surface area (Å²) >= 11 is 0. The SMILES string of the molecule is c1ccc(-c2ccc3oc4ccc(-c5cccc(-n6c7ccccc7c7ccccc76)c5)cc4c3n2)cc1. The molecule has 5 aromatic carbocycles. The zero-order valence-corrected chi connectivity index (χ0v) is 20.5. The van der Waals surface area contributed by atoms with Gasteiger partial charge in [-0.1, -0.05) is 84.9 Å². The van der Waals surface area contributed by atoms with Gasteiger partial charge in [-0.15, -0.1) is 0 Å². The third-order valence-corrected chi connectivity index (χ3v) is 7.40. The number of nitrogens with zero attached hydrogens (tertiary/aromatic N) is 2. The molecule has 0 atom stereocenters. The Hall–Kier alpha value is -5.15. The van der Waals surface area contributed by atoms with Gasteiger partial charge in [-0.2, -0.15) is 0 Å². The van der Waals surface area contributed by atoms with E-state index >= 15 is 0 Å². The van der Waals surface area contributed by atoms with E-state index in [0.29, 0.717) is 0 Å². The van der Waals surface area contributed by atoms with E-state index in [-0.39, 0.29) is 0 Å². The van der Waals surface area contributed by atoms with E-state index in [1.54, 1.807) is 0 Å². The highest BCUT2D eigenvalue weighted by molar-refractivity contribution is 6.09. The maximum absolute atomic E-state index is 6.15. The Morgan fingerprint density at radius 3 is 1.92 bits per heavy atom. The van der Waals surface area contributed by atoms with Gasteiger partial charge in [-0.25, -0.2) is 4.98 Å². The zero-order chi connectivity index (χ0) is 25.1. The van der Waals surface area contributed by atoms with Crippen molar-refractivity contribution in [3.63, 3.8) is 0 Å². The maximum atomic E-state index is 6.15. The summed E-state index contributed by atoms with van der Waals surface area (Å²) < 4.78 is 8.50. The van der Waals surface area contributed by atoms with Crippen LogP contribution in [0.2, 0.25) is 0 Å². The Morgan fingerprint density at radius 2 is 1.13 bits per heavy atom. The van der Waals surface area contributed by atoms with Gasteiger partial charge in [0.25, 0.3) is 0 Å². The molecule has 0 aliphatic rings. The van der Waals surface area contributed by atoms with Gasteiger partial charge in [0.2, 0.25) is 0 Å². The highest BCUT2D eigenvalue weighted by Gasteiger charge is 2.14. The van der Waals surface area contributed by atoms with Gasteiger partial charge in [-0.3, -0.25) is 0 Å². The first-order valence-electron chi connectivity index (χ1n) is 12.8. The van der Waals surface area contributed by atoms with Gasteiger partial charge in [0.15, 0.2) is 5.58 Å². The molecule has 0 saturated carbocycles. The molecule has 0 N–H and O–H groups in total. The predicted octanol–water partition coefficient (Wildman–Crippen LogP) is 9.41. The van der Waals surface area contributed by atoms with E-state index < -0.39 is 0 Å². The molecule has 0 spiro atoms. The van der Waals surface area contributed by atoms with E-state index in [1.165, 1.54) is 21.8 Å². The van der Waals surface area contributed by atoms with Crippen LogP contribution in [-0.4, -0.2) is 9.55 Å². The van der Waals surface area contributed by atoms with Crippen molar-refractivity contribution < 1.29 is 4.42 Å². The number of hydrogen-bond donors (Lipinski definition) is 0. The van der Waals surface area contributed by atoms with Gasteiger partial charge in [0, 0.05) is 27.4 Å². The molecular weight excluding hydrogens is 464 g/mol. The van der Waals surface area contributed by atoms with Gasteiger partial charge in [0.05, 0.1) is 16.7 Å². The number of pyridine rings is 1. The van der Waals surface area contributed by atoms with E-state index in [0.717, 1.165) is 50.1 Å². The lowest BCUT2D eigenvalue weighted by Gasteiger charge is -2.10. The molecule has 38 heavy (non-hydrogen) atoms. The van der Waals surface area contributed by atoms with Gasteiger partial charge >= 0.3 is 0 Å². The molecule has 0 unspecified atom stereocenters. The molecule has 8 aromatic rings. The molecule has 0 fully saturated rings. The highest BCUT2D eigenvalue weighted by Crippen LogP contribution is 2.35. The molecule has 0 amide bonds. The third kappa shape index (κ3) is 3.19. The molecule has 0 aliphatic carbocycles. The molecule has 0 saturated heterocycles. The smallest absolute Gasteiger partial charge is 0.153 e. The van der Waals surface area contributed by atoms with Crippen LogP contribution < -0.4 is 0 Å². The van der Waals surface area contributed by atoms with Crippen LogP contribution in [0, 0.1) is 0 Å². The molecule has 3 aromatic heterocycles. The van der Waals surface area contributed by atoms with Gasteiger partial charge < -0.3 is 8.98 Å². The Morgan fingerprint density at radius 1 is 0.474 bits per heavy atom. The lowest BCUT2D eigenvalue weighted by atomic mass is 10.0. The lowest BCUT2D eigenvalue weighted by Crippen LogP contribution is -1.94. The lowest BCUT2D eigenvalue weighted by molar-refractivity contribution is 0.668. The van der Waals surface area contributed by atoms with E-state index in [2.05, 4.69) is 108 Å². The first-order valence-corrected chi connectivity index (χ1v) is 12.8. The Kier molecular flexibility index (Phi) is 4.52. The number of rotatable bonds is 3. The highest BCUT2D eigenvalue weighted by atomic mass is 16.3. The number of para-hydroxylation sites is 2. The van der Waals surface area contributed by atoms with Crippen LogP contribution in [0.4, 0.5) is 0 Å². The number of benzene rings is 5. The van der Waals surface area contributed by atoms with Crippen LogP contribution >= 0.6 is 0 Å². The fourth-order valence-electron chi connectivity index (χ4n) is 5.62. The van der Waals surface area contributed by atoms with Crippen LogP contribution in [0.3, 0.4) is 0 Å². The quantitative estimate of drug-likeness (QED) is 0.249. The molecule has 3 heteroatoms. The van der Waals surface area contributed by atoms with Crippen LogP contribution in [0.5, 0.6) is 0 Å². The average Bonchev–Trinajstić information content (AvgIpc) is 3.52. The summed E-state index contributed by atoms with van der Waals surface area (Å²) in [6.07, 6.45) is 0.